The third kappa shape index (κ3) is 3.15. The van der Waals surface area contributed by atoms with Gasteiger partial charge in [-0.3, -0.25) is 4.79 Å². The molecule has 7 nitrogen and oxygen atoms in total. The van der Waals surface area contributed by atoms with Crippen LogP contribution in [0.4, 0.5) is 0 Å². The normalized spacial score (nSPS) is 18.0. The highest BCUT2D eigenvalue weighted by Gasteiger charge is 2.32. The third-order valence-corrected chi connectivity index (χ3v) is 4.56. The summed E-state index contributed by atoms with van der Waals surface area (Å²) in [7, 11) is 0. The number of aryl methyl sites for hydroxylation is 2. The van der Waals surface area contributed by atoms with Crippen LogP contribution in [0.2, 0.25) is 0 Å². The summed E-state index contributed by atoms with van der Waals surface area (Å²) >= 11 is 0. The molecular formula is C18H20N4O3. The van der Waals surface area contributed by atoms with Crippen molar-refractivity contribution < 1.29 is 13.9 Å². The van der Waals surface area contributed by atoms with Crippen LogP contribution in [0, 0.1) is 6.92 Å². The SMILES string of the molecule is Cc1nnc([C@H]2COCCN2C(=O)CCc2c[nH]c3ccccc23)o1. The van der Waals surface area contributed by atoms with Crippen molar-refractivity contribution in [2.75, 3.05) is 19.8 Å². The highest BCUT2D eigenvalue weighted by atomic mass is 16.5. The predicted molar refractivity (Wildman–Crippen MR) is 90.9 cm³/mol. The fraction of sp³-hybridized carbons (Fsp3) is 0.389. The van der Waals surface area contributed by atoms with Crippen molar-refractivity contribution in [2.24, 2.45) is 0 Å². The van der Waals surface area contributed by atoms with Crippen molar-refractivity contribution in [1.29, 1.82) is 0 Å². The minimum Gasteiger partial charge on any atom is -0.423 e. The molecule has 3 aromatic rings. The lowest BCUT2D eigenvalue weighted by atomic mass is 10.1. The molecule has 7 heteroatoms. The number of morpholine rings is 1. The zero-order chi connectivity index (χ0) is 17.2. The summed E-state index contributed by atoms with van der Waals surface area (Å²) < 4.78 is 11.0. The van der Waals surface area contributed by atoms with E-state index in [1.807, 2.05) is 24.4 Å². The number of carbonyl (C=O) groups is 1. The van der Waals surface area contributed by atoms with E-state index in [2.05, 4.69) is 21.2 Å². The van der Waals surface area contributed by atoms with Gasteiger partial charge in [0.05, 0.1) is 13.2 Å². The fourth-order valence-corrected chi connectivity index (χ4v) is 3.28. The van der Waals surface area contributed by atoms with Crippen molar-refractivity contribution in [2.45, 2.75) is 25.8 Å². The van der Waals surface area contributed by atoms with Gasteiger partial charge >= 0.3 is 0 Å². The second-order valence-electron chi connectivity index (χ2n) is 6.20. The Morgan fingerprint density at radius 2 is 2.24 bits per heavy atom. The van der Waals surface area contributed by atoms with Gasteiger partial charge in [0.25, 0.3) is 0 Å². The molecule has 0 saturated carbocycles. The maximum Gasteiger partial charge on any atom is 0.241 e. The van der Waals surface area contributed by atoms with Crippen molar-refractivity contribution >= 4 is 16.8 Å². The summed E-state index contributed by atoms with van der Waals surface area (Å²) in [5.41, 5.74) is 2.25. The van der Waals surface area contributed by atoms with E-state index >= 15 is 0 Å². The van der Waals surface area contributed by atoms with Gasteiger partial charge in [0.15, 0.2) is 0 Å². The van der Waals surface area contributed by atoms with E-state index in [9.17, 15) is 4.79 Å². The highest BCUT2D eigenvalue weighted by molar-refractivity contribution is 5.84. The van der Waals surface area contributed by atoms with Crippen LogP contribution < -0.4 is 0 Å². The number of hydrogen-bond acceptors (Lipinski definition) is 5. The van der Waals surface area contributed by atoms with Crippen LogP contribution in [0.3, 0.4) is 0 Å². The van der Waals surface area contributed by atoms with Crippen LogP contribution >= 0.6 is 0 Å². The second kappa shape index (κ2) is 6.68. The third-order valence-electron chi connectivity index (χ3n) is 4.56. The molecule has 4 rings (SSSR count). The number of H-pyrrole nitrogens is 1. The quantitative estimate of drug-likeness (QED) is 0.788. The zero-order valence-electron chi connectivity index (χ0n) is 14.1. The molecule has 1 aliphatic heterocycles. The number of hydrogen-bond donors (Lipinski definition) is 1. The lowest BCUT2D eigenvalue weighted by Crippen LogP contribution is -2.43. The van der Waals surface area contributed by atoms with Crippen LogP contribution in [0.15, 0.2) is 34.9 Å². The average molecular weight is 340 g/mol. The Hall–Kier alpha value is -2.67. The Kier molecular flexibility index (Phi) is 4.23. The van der Waals surface area contributed by atoms with Crippen molar-refractivity contribution in [1.82, 2.24) is 20.1 Å². The number of aromatic nitrogens is 3. The first kappa shape index (κ1) is 15.8. The van der Waals surface area contributed by atoms with Crippen LogP contribution in [0.5, 0.6) is 0 Å². The minimum atomic E-state index is -0.301. The largest absolute Gasteiger partial charge is 0.423 e. The molecule has 1 aliphatic rings. The van der Waals surface area contributed by atoms with Gasteiger partial charge in [0, 0.05) is 37.0 Å². The lowest BCUT2D eigenvalue weighted by Gasteiger charge is -2.33. The van der Waals surface area contributed by atoms with Crippen molar-refractivity contribution in [3.05, 3.63) is 47.8 Å². The molecule has 1 fully saturated rings. The molecule has 0 unspecified atom stereocenters. The highest BCUT2D eigenvalue weighted by Crippen LogP contribution is 2.25. The molecule has 1 saturated heterocycles. The number of nitrogens with zero attached hydrogens (tertiary/aromatic N) is 3. The van der Waals surface area contributed by atoms with Gasteiger partial charge in [0.1, 0.15) is 6.04 Å². The van der Waals surface area contributed by atoms with E-state index in [-0.39, 0.29) is 11.9 Å². The van der Waals surface area contributed by atoms with E-state index in [1.54, 1.807) is 11.8 Å². The van der Waals surface area contributed by atoms with Gasteiger partial charge < -0.3 is 19.0 Å². The monoisotopic (exact) mass is 340 g/mol. The van der Waals surface area contributed by atoms with Crippen molar-refractivity contribution in [3.8, 4) is 0 Å². The summed E-state index contributed by atoms with van der Waals surface area (Å²) in [6.07, 6.45) is 3.11. The van der Waals surface area contributed by atoms with E-state index in [4.69, 9.17) is 9.15 Å². The molecule has 0 bridgehead atoms. The van der Waals surface area contributed by atoms with Crippen LogP contribution in [-0.2, 0) is 16.0 Å². The fourth-order valence-electron chi connectivity index (χ4n) is 3.28. The Morgan fingerprint density at radius 1 is 1.36 bits per heavy atom. The molecule has 1 N–H and O–H groups in total. The molecule has 2 aromatic heterocycles. The Labute approximate surface area is 145 Å². The standard InChI is InChI=1S/C18H20N4O3/c1-12-20-21-18(25-12)16-11-24-9-8-22(16)17(23)7-6-13-10-19-15-5-3-2-4-14(13)15/h2-5,10,16,19H,6-9,11H2,1H3/t16-/m1/s1. The summed E-state index contributed by atoms with van der Waals surface area (Å²) in [5.74, 6) is 1.01. The summed E-state index contributed by atoms with van der Waals surface area (Å²) in [4.78, 5) is 17.8. The molecule has 3 heterocycles. The minimum absolute atomic E-state index is 0.0782. The van der Waals surface area contributed by atoms with Gasteiger partial charge in [-0.1, -0.05) is 18.2 Å². The first-order chi connectivity index (χ1) is 12.2. The average Bonchev–Trinajstić information content (AvgIpc) is 3.26. The van der Waals surface area contributed by atoms with E-state index in [0.717, 1.165) is 11.1 Å². The number of nitrogens with one attached hydrogen (secondary N) is 1. The van der Waals surface area contributed by atoms with Gasteiger partial charge in [-0.2, -0.15) is 0 Å². The Morgan fingerprint density at radius 3 is 3.08 bits per heavy atom. The van der Waals surface area contributed by atoms with Gasteiger partial charge in [0.2, 0.25) is 17.7 Å². The second-order valence-corrected chi connectivity index (χ2v) is 6.20. The molecule has 0 spiro atoms. The first-order valence-corrected chi connectivity index (χ1v) is 8.44. The van der Waals surface area contributed by atoms with Gasteiger partial charge in [-0.05, 0) is 18.1 Å². The molecule has 25 heavy (non-hydrogen) atoms. The van der Waals surface area contributed by atoms with E-state index in [1.165, 1.54) is 5.39 Å². The molecule has 130 valence electrons. The Balaban J connectivity index is 1.47. The predicted octanol–water partition coefficient (Wildman–Crippen LogP) is 2.39. The number of benzene rings is 1. The van der Waals surface area contributed by atoms with Crippen LogP contribution in [-0.4, -0.2) is 45.7 Å². The molecular weight excluding hydrogens is 320 g/mol. The number of aromatic amines is 1. The molecule has 1 amide bonds. The van der Waals surface area contributed by atoms with Gasteiger partial charge in [-0.25, -0.2) is 0 Å². The maximum atomic E-state index is 12.8. The number of carbonyl (C=O) groups excluding carboxylic acids is 1. The summed E-state index contributed by atoms with van der Waals surface area (Å²) in [5, 5.41) is 9.09. The van der Waals surface area contributed by atoms with Crippen LogP contribution in [0.25, 0.3) is 10.9 Å². The van der Waals surface area contributed by atoms with Gasteiger partial charge in [-0.15, -0.1) is 10.2 Å². The lowest BCUT2D eigenvalue weighted by molar-refractivity contribution is -0.141. The topological polar surface area (TPSA) is 84.3 Å². The summed E-state index contributed by atoms with van der Waals surface area (Å²) in [6, 6.07) is 7.82. The first-order valence-electron chi connectivity index (χ1n) is 8.44. The zero-order valence-corrected chi connectivity index (χ0v) is 14.1. The number of rotatable bonds is 4. The number of para-hydroxylation sites is 1. The molecule has 1 aromatic carbocycles. The summed E-state index contributed by atoms with van der Waals surface area (Å²) in [6.45, 7) is 3.20. The molecule has 1 atom stereocenters. The number of fused-ring (bicyclic) bond motifs is 1. The van der Waals surface area contributed by atoms with E-state index < -0.39 is 0 Å². The van der Waals surface area contributed by atoms with Crippen LogP contribution in [0.1, 0.15) is 29.8 Å². The number of ether oxygens (including phenoxy) is 1. The van der Waals surface area contributed by atoms with E-state index in [0.29, 0.717) is 44.4 Å². The molecule has 0 aliphatic carbocycles. The molecule has 0 radical (unpaired) electrons. The smallest absolute Gasteiger partial charge is 0.241 e. The number of amides is 1. The Bertz CT molecular complexity index is 885. The maximum absolute atomic E-state index is 12.8. The van der Waals surface area contributed by atoms with Crippen molar-refractivity contribution in [3.63, 3.8) is 0 Å².